The molecule has 1 amide bonds. The van der Waals surface area contributed by atoms with Crippen molar-refractivity contribution in [3.8, 4) is 0 Å². The number of hydrogen-bond acceptors (Lipinski definition) is 10. The lowest BCUT2D eigenvalue weighted by atomic mass is 9.99. The van der Waals surface area contributed by atoms with Gasteiger partial charge in [-0.2, -0.15) is 0 Å². The summed E-state index contributed by atoms with van der Waals surface area (Å²) in [4.78, 5) is 25.1. The minimum atomic E-state index is -1.57. The van der Waals surface area contributed by atoms with E-state index in [1.807, 2.05) is 6.08 Å². The van der Waals surface area contributed by atoms with E-state index in [1.165, 1.54) is 270 Å². The van der Waals surface area contributed by atoms with Gasteiger partial charge in [0, 0.05) is 12.8 Å². The summed E-state index contributed by atoms with van der Waals surface area (Å²) in [6, 6.07) is -0.808. The van der Waals surface area contributed by atoms with Crippen LogP contribution in [-0.4, -0.2) is 100 Å². The molecule has 0 spiro atoms. The third-order valence-corrected chi connectivity index (χ3v) is 18.1. The molecule has 6 N–H and O–H groups in total. The molecule has 7 unspecified atom stereocenters. The summed E-state index contributed by atoms with van der Waals surface area (Å²) in [7, 11) is 0. The molecule has 11 heteroatoms. The van der Waals surface area contributed by atoms with Crippen LogP contribution in [0.4, 0.5) is 0 Å². The molecule has 0 radical (unpaired) electrons. The maximum absolute atomic E-state index is 13.1. The van der Waals surface area contributed by atoms with Crippen LogP contribution in [0, 0.1) is 0 Å². The Morgan fingerprint density at radius 1 is 0.411 bits per heavy atom. The van der Waals surface area contributed by atoms with Crippen molar-refractivity contribution in [2.24, 2.45) is 0 Å². The van der Waals surface area contributed by atoms with E-state index in [-0.39, 0.29) is 18.5 Å². The van der Waals surface area contributed by atoms with Crippen LogP contribution in [0.3, 0.4) is 0 Å². The van der Waals surface area contributed by atoms with Crippen molar-refractivity contribution in [2.45, 2.75) is 410 Å². The number of unbranched alkanes of at least 4 members (excludes halogenated alkanes) is 46. The van der Waals surface area contributed by atoms with Crippen molar-refractivity contribution < 1.29 is 49.3 Å². The van der Waals surface area contributed by atoms with Gasteiger partial charge in [-0.25, -0.2) is 0 Å². The van der Waals surface area contributed by atoms with Gasteiger partial charge in [-0.05, 0) is 89.9 Å². The Kier molecular flexibility index (Phi) is 64.3. The molecule has 1 heterocycles. The number of ether oxygens (including phenoxy) is 3. The molecule has 1 rings (SSSR count). The molecule has 1 saturated heterocycles. The Balaban J connectivity index is 1.90. The molecule has 0 aliphatic carbocycles. The first-order chi connectivity index (χ1) is 44.2. The van der Waals surface area contributed by atoms with Crippen LogP contribution in [0.25, 0.3) is 0 Å². The number of amides is 1. The van der Waals surface area contributed by atoms with Gasteiger partial charge in [0.2, 0.25) is 5.91 Å². The van der Waals surface area contributed by atoms with Gasteiger partial charge in [0.25, 0.3) is 0 Å². The van der Waals surface area contributed by atoms with Gasteiger partial charge >= 0.3 is 5.97 Å². The SMILES string of the molecule is CCCC/C=C\C/C=C\CCCCCCCC(=O)OCCCCCCCCCCCCCCC/C=C\C/C=C\CCCCCCCCCCCCCCCCCCCC(=O)NC(COC1OC(CO)C(O)C(O)C1O)C(O)/C=C/CCCCCCCCCCC. The van der Waals surface area contributed by atoms with Crippen LogP contribution >= 0.6 is 0 Å². The number of nitrogens with one attached hydrogen (secondary N) is 1. The van der Waals surface area contributed by atoms with Gasteiger partial charge in [-0.3, -0.25) is 9.59 Å². The smallest absolute Gasteiger partial charge is 0.305 e. The molecule has 0 bridgehead atoms. The molecule has 0 aromatic carbocycles. The summed E-state index contributed by atoms with van der Waals surface area (Å²) in [5.74, 6) is -0.181. The van der Waals surface area contributed by atoms with Crippen molar-refractivity contribution in [2.75, 3.05) is 19.8 Å². The maximum Gasteiger partial charge on any atom is 0.305 e. The first-order valence-corrected chi connectivity index (χ1v) is 38.6. The summed E-state index contributed by atoms with van der Waals surface area (Å²) in [6.45, 7) is 4.32. The van der Waals surface area contributed by atoms with Gasteiger partial charge in [0.15, 0.2) is 6.29 Å². The molecule has 526 valence electrons. The molecule has 0 saturated carbocycles. The summed E-state index contributed by atoms with van der Waals surface area (Å²) in [6.07, 6.45) is 81.0. The second kappa shape index (κ2) is 67.8. The summed E-state index contributed by atoms with van der Waals surface area (Å²) >= 11 is 0. The zero-order valence-electron chi connectivity index (χ0n) is 58.6. The van der Waals surface area contributed by atoms with Gasteiger partial charge in [0.05, 0.1) is 32.0 Å². The van der Waals surface area contributed by atoms with Gasteiger partial charge < -0.3 is 45.1 Å². The van der Waals surface area contributed by atoms with E-state index < -0.39 is 49.5 Å². The van der Waals surface area contributed by atoms with Crippen molar-refractivity contribution in [3.63, 3.8) is 0 Å². The van der Waals surface area contributed by atoms with Crippen LogP contribution < -0.4 is 5.32 Å². The molecule has 90 heavy (non-hydrogen) atoms. The lowest BCUT2D eigenvalue weighted by Gasteiger charge is -2.40. The monoisotopic (exact) mass is 1270 g/mol. The van der Waals surface area contributed by atoms with Crippen LogP contribution in [0.15, 0.2) is 60.8 Å². The summed E-state index contributed by atoms with van der Waals surface area (Å²) in [5, 5.41) is 54.5. The first kappa shape index (κ1) is 85.4. The Labute approximate surface area is 554 Å². The average Bonchev–Trinajstić information content (AvgIpc) is 0.977. The van der Waals surface area contributed by atoms with Crippen LogP contribution in [0.2, 0.25) is 0 Å². The van der Waals surface area contributed by atoms with Crippen LogP contribution in [0.1, 0.15) is 367 Å². The largest absolute Gasteiger partial charge is 0.466 e. The summed E-state index contributed by atoms with van der Waals surface area (Å²) in [5.41, 5.74) is 0. The van der Waals surface area contributed by atoms with Gasteiger partial charge in [0.1, 0.15) is 24.4 Å². The van der Waals surface area contributed by atoms with E-state index in [9.17, 15) is 35.1 Å². The zero-order valence-corrected chi connectivity index (χ0v) is 58.6. The predicted molar refractivity (Wildman–Crippen MR) is 380 cm³/mol. The quantitative estimate of drug-likeness (QED) is 0.0195. The number of allylic oxidation sites excluding steroid dienone is 9. The molecular weight excluding hydrogens is 1120 g/mol. The van der Waals surface area contributed by atoms with E-state index in [0.29, 0.717) is 19.4 Å². The molecule has 7 atom stereocenters. The van der Waals surface area contributed by atoms with E-state index >= 15 is 0 Å². The van der Waals surface area contributed by atoms with Crippen molar-refractivity contribution in [3.05, 3.63) is 60.8 Å². The number of aliphatic hydroxyl groups is 5. The van der Waals surface area contributed by atoms with Crippen LogP contribution in [-0.2, 0) is 23.8 Å². The van der Waals surface area contributed by atoms with Crippen LogP contribution in [0.5, 0.6) is 0 Å². The van der Waals surface area contributed by atoms with Crippen molar-refractivity contribution in [1.82, 2.24) is 5.32 Å². The highest BCUT2D eigenvalue weighted by atomic mass is 16.7. The fourth-order valence-electron chi connectivity index (χ4n) is 12.0. The summed E-state index contributed by atoms with van der Waals surface area (Å²) < 4.78 is 16.7. The number of aliphatic hydroxyl groups excluding tert-OH is 5. The number of hydrogen-bond donors (Lipinski definition) is 6. The number of carbonyl (C=O) groups excluding carboxylic acids is 2. The number of carbonyl (C=O) groups is 2. The highest BCUT2D eigenvalue weighted by Gasteiger charge is 2.44. The third-order valence-electron chi connectivity index (χ3n) is 18.1. The molecule has 1 aliphatic rings. The highest BCUT2D eigenvalue weighted by molar-refractivity contribution is 5.76. The highest BCUT2D eigenvalue weighted by Crippen LogP contribution is 2.23. The zero-order chi connectivity index (χ0) is 65.1. The predicted octanol–water partition coefficient (Wildman–Crippen LogP) is 20.5. The fraction of sp³-hybridized carbons (Fsp3) is 0.848. The van der Waals surface area contributed by atoms with Gasteiger partial charge in [-0.15, -0.1) is 0 Å². The Hall–Kier alpha value is -2.64. The Morgan fingerprint density at radius 3 is 1.16 bits per heavy atom. The molecule has 0 aromatic rings. The Bertz CT molecular complexity index is 1680. The molecular formula is C79H145NO10. The van der Waals surface area contributed by atoms with Crippen molar-refractivity contribution >= 4 is 11.9 Å². The lowest BCUT2D eigenvalue weighted by molar-refractivity contribution is -0.302. The molecule has 1 aliphatic heterocycles. The molecule has 1 fully saturated rings. The third kappa shape index (κ3) is 55.8. The normalized spacial score (nSPS) is 18.0. The maximum atomic E-state index is 13.1. The second-order valence-corrected chi connectivity index (χ2v) is 26.7. The fourth-order valence-corrected chi connectivity index (χ4v) is 12.0. The van der Waals surface area contributed by atoms with Crippen molar-refractivity contribution in [1.29, 1.82) is 0 Å². The topological polar surface area (TPSA) is 175 Å². The molecule has 11 nitrogen and oxygen atoms in total. The minimum absolute atomic E-state index is 0.00217. The van der Waals surface area contributed by atoms with E-state index in [0.717, 1.165) is 70.6 Å². The molecule has 0 aromatic heterocycles. The average molecular weight is 1270 g/mol. The lowest BCUT2D eigenvalue weighted by Crippen LogP contribution is -2.60. The van der Waals surface area contributed by atoms with E-state index in [2.05, 4.69) is 67.8 Å². The number of rotatable bonds is 68. The van der Waals surface area contributed by atoms with E-state index in [4.69, 9.17) is 14.2 Å². The van der Waals surface area contributed by atoms with E-state index in [1.54, 1.807) is 6.08 Å². The van der Waals surface area contributed by atoms with Gasteiger partial charge in [-0.1, -0.05) is 325 Å². The first-order valence-electron chi connectivity index (χ1n) is 38.6. The number of esters is 1. The standard InChI is InChI=1S/C79H145NO10/c1-3-5-7-9-11-13-15-16-43-47-51-55-59-63-67-75(84)88-68-64-60-56-52-48-44-41-39-37-35-33-31-29-27-25-23-21-19-17-18-20-22-24-26-28-30-32-34-36-38-40-42-46-50-54-58-62-66-74(83)80-71(70-89-79-78(87)77(86)76(85)73(69-81)90-79)72(82)65-61-57-53-49-45-14-12-10-8-6-4-2/h9,11,15-17,19,23,25,61,65,71-73,76-79,81-82,85-87H,3-8,10,12-14,18,20-22,24,26-60,62-64,66-70H2,1-2H3,(H,80,83)/b11-9-,16-15-,19-17-,25-23-,65-61+. The minimum Gasteiger partial charge on any atom is -0.466 e. The second-order valence-electron chi connectivity index (χ2n) is 26.7. The Morgan fingerprint density at radius 2 is 0.756 bits per heavy atom.